The van der Waals surface area contributed by atoms with Crippen molar-refractivity contribution in [2.75, 3.05) is 54.6 Å². The van der Waals surface area contributed by atoms with E-state index in [1.807, 2.05) is 69.4 Å². The third kappa shape index (κ3) is 12.7. The van der Waals surface area contributed by atoms with Crippen LogP contribution >= 0.6 is 22.0 Å². The number of hydrogen-bond donors (Lipinski definition) is 0. The standard InChI is InChI=1S/C28H46N3O8P3S/c1-9-23(2)38-27-16-12-26(13-17-27)20-29-30(4)40(43)24(3)39-28-14-10-25(11-15-28)18-19-31(21-41(32,34-5)35-6)22-42(33,36-7)37-8/h10-17,20,23-24,40H,9,18-19,21-22H2,1-8H3/b29-20+. The summed E-state index contributed by atoms with van der Waals surface area (Å²) < 4.78 is 59.6. The van der Waals surface area contributed by atoms with Crippen molar-refractivity contribution < 1.29 is 36.7 Å². The second kappa shape index (κ2) is 18.4. The predicted molar refractivity (Wildman–Crippen MR) is 178 cm³/mol. The van der Waals surface area contributed by atoms with Gasteiger partial charge in [0.15, 0.2) is 0 Å². The van der Waals surface area contributed by atoms with E-state index in [2.05, 4.69) is 12.0 Å². The van der Waals surface area contributed by atoms with Crippen LogP contribution < -0.4 is 9.47 Å². The lowest BCUT2D eigenvalue weighted by molar-refractivity contribution is 0.217. The van der Waals surface area contributed by atoms with Crippen LogP contribution in [0.25, 0.3) is 0 Å². The molecule has 3 unspecified atom stereocenters. The number of rotatable bonds is 20. The minimum Gasteiger partial charge on any atom is -0.491 e. The fourth-order valence-corrected chi connectivity index (χ4v) is 7.35. The van der Waals surface area contributed by atoms with Gasteiger partial charge < -0.3 is 27.6 Å². The summed E-state index contributed by atoms with van der Waals surface area (Å²) in [6, 6.07) is 15.5. The van der Waals surface area contributed by atoms with Gasteiger partial charge in [-0.05, 0) is 74.2 Å². The minimum absolute atomic E-state index is 0.0625. The van der Waals surface area contributed by atoms with Gasteiger partial charge in [0.25, 0.3) is 0 Å². The Hall–Kier alpha value is -1.58. The summed E-state index contributed by atoms with van der Waals surface area (Å²) in [5.41, 5.74) is 1.96. The third-order valence-electron chi connectivity index (χ3n) is 6.65. The van der Waals surface area contributed by atoms with E-state index in [-0.39, 0.29) is 24.5 Å². The molecule has 0 amide bonds. The smallest absolute Gasteiger partial charge is 0.344 e. The molecule has 0 aliphatic heterocycles. The molecule has 0 heterocycles. The van der Waals surface area contributed by atoms with Crippen LogP contribution in [0.4, 0.5) is 0 Å². The van der Waals surface area contributed by atoms with E-state index in [0.717, 1.165) is 23.3 Å². The van der Waals surface area contributed by atoms with Crippen molar-refractivity contribution >= 4 is 40.1 Å². The Morgan fingerprint density at radius 2 is 1.35 bits per heavy atom. The van der Waals surface area contributed by atoms with Gasteiger partial charge in [0.05, 0.1) is 19.2 Å². The first-order chi connectivity index (χ1) is 20.4. The van der Waals surface area contributed by atoms with Gasteiger partial charge >= 0.3 is 15.2 Å². The van der Waals surface area contributed by atoms with Gasteiger partial charge in [-0.3, -0.25) is 18.8 Å². The minimum atomic E-state index is -3.39. The molecule has 3 atom stereocenters. The molecule has 0 bridgehead atoms. The number of hydrazone groups is 1. The monoisotopic (exact) mass is 677 g/mol. The molecule has 15 heteroatoms. The summed E-state index contributed by atoms with van der Waals surface area (Å²) in [7, 11) is 0.352. The molecule has 0 saturated heterocycles. The van der Waals surface area contributed by atoms with Gasteiger partial charge in [0.2, 0.25) is 0 Å². The molecule has 2 aromatic carbocycles. The molecular formula is C28H46N3O8P3S. The summed E-state index contributed by atoms with van der Waals surface area (Å²) >= 11 is 5.78. The van der Waals surface area contributed by atoms with Crippen LogP contribution in [0.1, 0.15) is 38.3 Å². The Labute approximate surface area is 262 Å². The third-order valence-corrected chi connectivity index (χ3v) is 13.7. The predicted octanol–water partition coefficient (Wildman–Crippen LogP) is 6.88. The first kappa shape index (κ1) is 37.6. The van der Waals surface area contributed by atoms with Crippen LogP contribution in [0.2, 0.25) is 0 Å². The maximum Gasteiger partial charge on any atom is 0.344 e. The van der Waals surface area contributed by atoms with E-state index in [4.69, 9.17) is 39.4 Å². The number of nitrogens with zero attached hydrogens (tertiary/aromatic N) is 3. The van der Waals surface area contributed by atoms with Crippen molar-refractivity contribution in [2.24, 2.45) is 5.10 Å². The second-order valence-electron chi connectivity index (χ2n) is 9.80. The number of ether oxygens (including phenoxy) is 2. The Bertz CT molecular complexity index is 1220. The zero-order valence-electron chi connectivity index (χ0n) is 26.3. The largest absolute Gasteiger partial charge is 0.491 e. The van der Waals surface area contributed by atoms with Crippen LogP contribution in [0.5, 0.6) is 11.5 Å². The van der Waals surface area contributed by atoms with Gasteiger partial charge in [-0.2, -0.15) is 5.10 Å². The van der Waals surface area contributed by atoms with Gasteiger partial charge in [0.1, 0.15) is 29.9 Å². The lowest BCUT2D eigenvalue weighted by atomic mass is 10.1. The molecule has 11 nitrogen and oxygen atoms in total. The highest BCUT2D eigenvalue weighted by Gasteiger charge is 2.31. The van der Waals surface area contributed by atoms with E-state index in [1.165, 1.54) is 28.4 Å². The van der Waals surface area contributed by atoms with Crippen molar-refractivity contribution in [2.45, 2.75) is 45.6 Å². The molecule has 0 saturated carbocycles. The van der Waals surface area contributed by atoms with E-state index < -0.39 is 22.0 Å². The SMILES string of the molecule is CCC(C)Oc1ccc(/C=N/N(C)[PH](=S)C(C)Oc2ccc(CCN(CP(=O)(OC)OC)CP(=O)(OC)OC)cc2)cc1. The Morgan fingerprint density at radius 1 is 0.860 bits per heavy atom. The van der Waals surface area contributed by atoms with Crippen LogP contribution in [-0.2, 0) is 45.5 Å². The summed E-state index contributed by atoms with van der Waals surface area (Å²) in [5, 5.41) is 4.54. The highest BCUT2D eigenvalue weighted by Crippen LogP contribution is 2.51. The highest BCUT2D eigenvalue weighted by molar-refractivity contribution is 8.04. The van der Waals surface area contributed by atoms with Gasteiger partial charge in [-0.1, -0.05) is 30.9 Å². The highest BCUT2D eigenvalue weighted by atomic mass is 32.4. The van der Waals surface area contributed by atoms with E-state index in [0.29, 0.717) is 18.7 Å². The zero-order chi connectivity index (χ0) is 32.0. The van der Waals surface area contributed by atoms with Crippen LogP contribution in [0.3, 0.4) is 0 Å². The van der Waals surface area contributed by atoms with Crippen molar-refractivity contribution in [1.82, 2.24) is 9.68 Å². The molecule has 0 aromatic heterocycles. The van der Waals surface area contributed by atoms with Crippen LogP contribution in [0, 0.1) is 0 Å². The summed E-state index contributed by atoms with van der Waals surface area (Å²) in [4.78, 5) is 1.70. The molecule has 0 spiro atoms. The van der Waals surface area contributed by atoms with E-state index in [9.17, 15) is 9.13 Å². The quantitative estimate of drug-likeness (QED) is 0.0832. The van der Waals surface area contributed by atoms with E-state index >= 15 is 0 Å². The zero-order valence-corrected chi connectivity index (χ0v) is 29.9. The molecule has 0 aliphatic carbocycles. The van der Waals surface area contributed by atoms with Gasteiger partial charge in [-0.15, -0.1) is 0 Å². The van der Waals surface area contributed by atoms with E-state index in [1.54, 1.807) is 15.9 Å². The molecule has 43 heavy (non-hydrogen) atoms. The summed E-state index contributed by atoms with van der Waals surface area (Å²) in [6.07, 6.45) is 3.36. The fraction of sp³-hybridized carbons (Fsp3) is 0.536. The van der Waals surface area contributed by atoms with Crippen molar-refractivity contribution in [3.8, 4) is 11.5 Å². The number of hydrogen-bond acceptors (Lipinski definition) is 11. The number of benzene rings is 2. The summed E-state index contributed by atoms with van der Waals surface area (Å²) in [5.74, 6) is 1.31. The van der Waals surface area contributed by atoms with Gasteiger partial charge in [-0.25, -0.2) is 0 Å². The Kier molecular flexibility index (Phi) is 16.1. The van der Waals surface area contributed by atoms with Crippen molar-refractivity contribution in [3.05, 3.63) is 59.7 Å². The molecule has 242 valence electrons. The lowest BCUT2D eigenvalue weighted by Crippen LogP contribution is -2.29. The van der Waals surface area contributed by atoms with Gasteiger partial charge in [0, 0.05) is 42.0 Å². The molecule has 0 fully saturated rings. The maximum absolute atomic E-state index is 12.8. The molecular weight excluding hydrogens is 631 g/mol. The summed E-state index contributed by atoms with van der Waals surface area (Å²) in [6.45, 7) is 4.96. The first-order valence-corrected chi connectivity index (χ1v) is 20.0. The molecule has 2 aromatic rings. The average Bonchev–Trinajstić information content (AvgIpc) is 3.03. The Morgan fingerprint density at radius 3 is 1.84 bits per heavy atom. The average molecular weight is 678 g/mol. The molecule has 0 aliphatic rings. The van der Waals surface area contributed by atoms with Crippen molar-refractivity contribution in [3.63, 3.8) is 0 Å². The maximum atomic E-state index is 12.8. The molecule has 0 radical (unpaired) electrons. The Balaban J connectivity index is 1.96. The van der Waals surface area contributed by atoms with Crippen LogP contribution in [-0.4, -0.2) is 82.4 Å². The fourth-order valence-electron chi connectivity index (χ4n) is 3.75. The molecule has 0 N–H and O–H groups in total. The first-order valence-electron chi connectivity index (χ1n) is 13.9. The topological polar surface area (TPSA) is 108 Å². The normalized spacial score (nSPS) is 14.5. The molecule has 2 rings (SSSR count). The van der Waals surface area contributed by atoms with Crippen LogP contribution in [0.15, 0.2) is 53.6 Å². The second-order valence-corrected chi connectivity index (χ2v) is 17.7. The van der Waals surface area contributed by atoms with Crippen molar-refractivity contribution in [1.29, 1.82) is 0 Å². The lowest BCUT2D eigenvalue weighted by Gasteiger charge is -2.27.